The Labute approximate surface area is 88.9 Å². The van der Waals surface area contributed by atoms with Crippen LogP contribution in [0.15, 0.2) is 60.7 Å². The van der Waals surface area contributed by atoms with Crippen molar-refractivity contribution in [3.05, 3.63) is 71.8 Å². The lowest BCUT2D eigenvalue weighted by atomic mass is 9.91. The van der Waals surface area contributed by atoms with Crippen LogP contribution >= 0.6 is 0 Å². The van der Waals surface area contributed by atoms with Crippen LogP contribution in [0.4, 0.5) is 0 Å². The van der Waals surface area contributed by atoms with Crippen LogP contribution in [-0.4, -0.2) is 0 Å². The smallest absolute Gasteiger partial charge is 0.0575 e. The number of hydrogen-bond donors (Lipinski definition) is 0. The summed E-state index contributed by atoms with van der Waals surface area (Å²) in [4.78, 5) is 0. The lowest BCUT2D eigenvalue weighted by Crippen LogP contribution is -2.05. The summed E-state index contributed by atoms with van der Waals surface area (Å²) in [6.07, 6.45) is 4.61. The molecule has 0 nitrogen and oxygen atoms in total. The molecule has 1 spiro atoms. The number of benzene rings is 2. The maximum atomic E-state index is 2.30. The van der Waals surface area contributed by atoms with Gasteiger partial charge in [-0.1, -0.05) is 60.7 Å². The first-order valence-corrected chi connectivity index (χ1v) is 5.32. The van der Waals surface area contributed by atoms with E-state index in [9.17, 15) is 0 Å². The van der Waals surface area contributed by atoms with Crippen molar-refractivity contribution in [2.45, 2.75) is 5.41 Å². The third kappa shape index (κ3) is 0.744. The van der Waals surface area contributed by atoms with Crippen molar-refractivity contribution in [3.63, 3.8) is 0 Å². The topological polar surface area (TPSA) is 0 Å². The van der Waals surface area contributed by atoms with Gasteiger partial charge in [0.15, 0.2) is 0 Å². The van der Waals surface area contributed by atoms with E-state index in [1.54, 1.807) is 0 Å². The molecule has 0 fully saturated rings. The van der Waals surface area contributed by atoms with Gasteiger partial charge >= 0.3 is 0 Å². The van der Waals surface area contributed by atoms with Crippen LogP contribution in [0.25, 0.3) is 11.1 Å². The molecule has 2 aromatic rings. The Morgan fingerprint density at radius 1 is 0.600 bits per heavy atom. The van der Waals surface area contributed by atoms with E-state index >= 15 is 0 Å². The van der Waals surface area contributed by atoms with Gasteiger partial charge in [-0.25, -0.2) is 0 Å². The highest BCUT2D eigenvalue weighted by atomic mass is 14.5. The molecule has 2 aliphatic carbocycles. The first-order chi connectivity index (χ1) is 7.42. The van der Waals surface area contributed by atoms with E-state index in [0.717, 1.165) is 0 Å². The SMILES string of the molecule is C1=CC12c1ccccc1-c1ccccc12. The zero-order chi connectivity index (χ0) is 9.88. The van der Waals surface area contributed by atoms with Gasteiger partial charge in [0.1, 0.15) is 0 Å². The summed E-state index contributed by atoms with van der Waals surface area (Å²) in [6.45, 7) is 0. The van der Waals surface area contributed by atoms with Crippen LogP contribution in [0.5, 0.6) is 0 Å². The van der Waals surface area contributed by atoms with Crippen LogP contribution in [0.1, 0.15) is 11.1 Å². The molecule has 0 N–H and O–H groups in total. The lowest BCUT2D eigenvalue weighted by Gasteiger charge is -2.10. The molecule has 2 aromatic carbocycles. The fraction of sp³-hybridized carbons (Fsp3) is 0.0667. The van der Waals surface area contributed by atoms with Gasteiger partial charge in [0.2, 0.25) is 0 Å². The molecule has 2 aliphatic rings. The van der Waals surface area contributed by atoms with Gasteiger partial charge in [-0.05, 0) is 22.3 Å². The Kier molecular flexibility index (Phi) is 1.11. The summed E-state index contributed by atoms with van der Waals surface area (Å²) in [5.74, 6) is 0. The molecule has 15 heavy (non-hydrogen) atoms. The monoisotopic (exact) mass is 190 g/mol. The number of fused-ring (bicyclic) bond motifs is 5. The highest BCUT2D eigenvalue weighted by molar-refractivity contribution is 5.86. The molecule has 0 bridgehead atoms. The van der Waals surface area contributed by atoms with Gasteiger partial charge < -0.3 is 0 Å². The average Bonchev–Trinajstić information content (AvgIpc) is 3.05. The summed E-state index contributed by atoms with van der Waals surface area (Å²) >= 11 is 0. The Morgan fingerprint density at radius 2 is 1.07 bits per heavy atom. The second-order valence-electron chi connectivity index (χ2n) is 4.29. The molecular formula is C15H10. The van der Waals surface area contributed by atoms with Crippen LogP contribution in [-0.2, 0) is 5.41 Å². The van der Waals surface area contributed by atoms with Crippen molar-refractivity contribution in [1.82, 2.24) is 0 Å². The van der Waals surface area contributed by atoms with E-state index in [2.05, 4.69) is 60.7 Å². The van der Waals surface area contributed by atoms with Gasteiger partial charge in [-0.3, -0.25) is 0 Å². The Balaban J connectivity index is 2.15. The highest BCUT2D eigenvalue weighted by Crippen LogP contribution is 2.56. The fourth-order valence-corrected chi connectivity index (χ4v) is 2.74. The first-order valence-electron chi connectivity index (χ1n) is 5.32. The summed E-state index contributed by atoms with van der Waals surface area (Å²) < 4.78 is 0. The van der Waals surface area contributed by atoms with Gasteiger partial charge in [0, 0.05) is 0 Å². The predicted octanol–water partition coefficient (Wildman–Crippen LogP) is 3.52. The van der Waals surface area contributed by atoms with E-state index in [4.69, 9.17) is 0 Å². The molecule has 4 rings (SSSR count). The first kappa shape index (κ1) is 7.47. The van der Waals surface area contributed by atoms with Crippen molar-refractivity contribution in [3.8, 4) is 11.1 Å². The Morgan fingerprint density at radius 3 is 1.53 bits per heavy atom. The summed E-state index contributed by atoms with van der Waals surface area (Å²) in [7, 11) is 0. The third-order valence-electron chi connectivity index (χ3n) is 3.54. The lowest BCUT2D eigenvalue weighted by molar-refractivity contribution is 0.972. The Bertz CT molecular complexity index is 537. The summed E-state index contributed by atoms with van der Waals surface area (Å²) in [5.41, 5.74) is 5.86. The highest BCUT2D eigenvalue weighted by Gasteiger charge is 2.45. The molecule has 0 atom stereocenters. The molecule has 0 saturated carbocycles. The van der Waals surface area contributed by atoms with E-state index in [1.807, 2.05) is 0 Å². The van der Waals surface area contributed by atoms with Crippen molar-refractivity contribution >= 4 is 0 Å². The zero-order valence-electron chi connectivity index (χ0n) is 8.27. The van der Waals surface area contributed by atoms with Crippen LogP contribution in [0.3, 0.4) is 0 Å². The van der Waals surface area contributed by atoms with Gasteiger partial charge in [0.05, 0.1) is 5.41 Å². The van der Waals surface area contributed by atoms with Crippen molar-refractivity contribution in [1.29, 1.82) is 0 Å². The molecular weight excluding hydrogens is 180 g/mol. The number of allylic oxidation sites excluding steroid dienone is 2. The van der Waals surface area contributed by atoms with E-state index in [1.165, 1.54) is 22.3 Å². The van der Waals surface area contributed by atoms with Crippen LogP contribution in [0, 0.1) is 0 Å². The predicted molar refractivity (Wildman–Crippen MR) is 61.8 cm³/mol. The molecule has 0 heterocycles. The van der Waals surface area contributed by atoms with Gasteiger partial charge in [-0.2, -0.15) is 0 Å². The molecule has 0 saturated heterocycles. The minimum absolute atomic E-state index is 0.160. The largest absolute Gasteiger partial charge is 0.0682 e. The average molecular weight is 190 g/mol. The molecule has 0 amide bonds. The maximum absolute atomic E-state index is 2.30. The molecule has 0 aliphatic heterocycles. The van der Waals surface area contributed by atoms with E-state index in [-0.39, 0.29) is 5.41 Å². The summed E-state index contributed by atoms with van der Waals surface area (Å²) in [5, 5.41) is 0. The van der Waals surface area contributed by atoms with Crippen LogP contribution in [0.2, 0.25) is 0 Å². The number of hydrogen-bond acceptors (Lipinski definition) is 0. The second kappa shape index (κ2) is 2.22. The van der Waals surface area contributed by atoms with Crippen molar-refractivity contribution in [2.24, 2.45) is 0 Å². The van der Waals surface area contributed by atoms with Gasteiger partial charge in [-0.15, -0.1) is 0 Å². The summed E-state index contributed by atoms with van der Waals surface area (Å²) in [6, 6.07) is 17.4. The Hall–Kier alpha value is -1.82. The maximum Gasteiger partial charge on any atom is 0.0575 e. The third-order valence-corrected chi connectivity index (χ3v) is 3.54. The van der Waals surface area contributed by atoms with Crippen LogP contribution < -0.4 is 0 Å². The second-order valence-corrected chi connectivity index (χ2v) is 4.29. The zero-order valence-corrected chi connectivity index (χ0v) is 8.27. The molecule has 0 heteroatoms. The van der Waals surface area contributed by atoms with E-state index < -0.39 is 0 Å². The van der Waals surface area contributed by atoms with Gasteiger partial charge in [0.25, 0.3) is 0 Å². The minimum atomic E-state index is 0.160. The van der Waals surface area contributed by atoms with Crippen molar-refractivity contribution < 1.29 is 0 Å². The normalized spacial score (nSPS) is 17.6. The quantitative estimate of drug-likeness (QED) is 0.557. The van der Waals surface area contributed by atoms with Crippen molar-refractivity contribution in [2.75, 3.05) is 0 Å². The number of rotatable bonds is 0. The molecule has 0 unspecified atom stereocenters. The fourth-order valence-electron chi connectivity index (χ4n) is 2.74. The minimum Gasteiger partial charge on any atom is -0.0682 e. The molecule has 0 radical (unpaired) electrons. The molecule has 0 aromatic heterocycles. The standard InChI is InChI=1S/C15H10/c1-3-7-13-11(5-1)12-6-2-4-8-14(12)15(13)9-10-15/h1-10H. The molecule has 70 valence electrons. The van der Waals surface area contributed by atoms with E-state index in [0.29, 0.717) is 0 Å².